The number of thiophene rings is 2. The van der Waals surface area contributed by atoms with Crippen LogP contribution in [0.25, 0.3) is 10.1 Å². The van der Waals surface area contributed by atoms with Gasteiger partial charge in [-0.1, -0.05) is 30.5 Å². The second-order valence-electron chi connectivity index (χ2n) is 6.43. The Hall–Kier alpha value is -1.96. The molecule has 0 bridgehead atoms. The van der Waals surface area contributed by atoms with Gasteiger partial charge in [0.1, 0.15) is 15.7 Å². The lowest BCUT2D eigenvalue weighted by atomic mass is 10.2. The summed E-state index contributed by atoms with van der Waals surface area (Å²) < 4.78 is 14.6. The van der Waals surface area contributed by atoms with E-state index in [2.05, 4.69) is 10.6 Å². The first kappa shape index (κ1) is 18.4. The number of fused-ring (bicyclic) bond motifs is 1. The molecule has 4 rings (SSSR count). The van der Waals surface area contributed by atoms with Crippen LogP contribution in [0.3, 0.4) is 0 Å². The van der Waals surface area contributed by atoms with Crippen LogP contribution in [0.5, 0.6) is 0 Å². The van der Waals surface area contributed by atoms with Crippen LogP contribution in [0.2, 0.25) is 5.02 Å². The van der Waals surface area contributed by atoms with Crippen molar-refractivity contribution in [2.45, 2.75) is 31.7 Å². The highest BCUT2D eigenvalue weighted by molar-refractivity contribution is 7.22. The number of rotatable bonds is 4. The summed E-state index contributed by atoms with van der Waals surface area (Å²) >= 11 is 8.64. The van der Waals surface area contributed by atoms with Crippen molar-refractivity contribution in [1.29, 1.82) is 0 Å². The number of hydrogen-bond donors (Lipinski definition) is 2. The van der Waals surface area contributed by atoms with E-state index in [1.165, 1.54) is 17.4 Å². The number of carbonyl (C=O) groups excluding carboxylic acids is 2. The zero-order chi connectivity index (χ0) is 19.0. The summed E-state index contributed by atoms with van der Waals surface area (Å²) in [7, 11) is 0. The number of nitrogens with one attached hydrogen (secondary N) is 2. The van der Waals surface area contributed by atoms with E-state index in [-0.39, 0.29) is 27.2 Å². The maximum absolute atomic E-state index is 14.0. The van der Waals surface area contributed by atoms with Crippen molar-refractivity contribution in [1.82, 2.24) is 5.32 Å². The number of hydrogen-bond acceptors (Lipinski definition) is 4. The first-order chi connectivity index (χ1) is 13.0. The molecule has 1 fully saturated rings. The lowest BCUT2D eigenvalue weighted by Crippen LogP contribution is -2.32. The Labute approximate surface area is 168 Å². The minimum absolute atomic E-state index is 0.0964. The fraction of sp³-hybridized carbons (Fsp3) is 0.263. The third-order valence-corrected chi connectivity index (χ3v) is 7.11. The number of benzene rings is 1. The molecule has 0 spiro atoms. The second kappa shape index (κ2) is 7.58. The van der Waals surface area contributed by atoms with Crippen molar-refractivity contribution < 1.29 is 14.0 Å². The van der Waals surface area contributed by atoms with Gasteiger partial charge in [0, 0.05) is 16.1 Å². The summed E-state index contributed by atoms with van der Waals surface area (Å²) in [6.45, 7) is 0. The molecule has 1 saturated carbocycles. The van der Waals surface area contributed by atoms with Crippen LogP contribution in [0.1, 0.15) is 45.7 Å². The van der Waals surface area contributed by atoms with Crippen LogP contribution in [0.15, 0.2) is 29.6 Å². The molecule has 27 heavy (non-hydrogen) atoms. The number of amides is 2. The first-order valence-electron chi connectivity index (χ1n) is 8.61. The molecule has 8 heteroatoms. The molecule has 3 aromatic rings. The molecular weight excluding hydrogens is 407 g/mol. The Morgan fingerprint density at radius 2 is 1.93 bits per heavy atom. The van der Waals surface area contributed by atoms with Gasteiger partial charge in [-0.25, -0.2) is 4.39 Å². The van der Waals surface area contributed by atoms with Gasteiger partial charge in [0.15, 0.2) is 0 Å². The van der Waals surface area contributed by atoms with Crippen molar-refractivity contribution in [3.63, 3.8) is 0 Å². The Kier molecular flexibility index (Phi) is 5.16. The van der Waals surface area contributed by atoms with Crippen LogP contribution in [-0.2, 0) is 0 Å². The lowest BCUT2D eigenvalue weighted by molar-refractivity contribution is 0.0939. The van der Waals surface area contributed by atoms with E-state index in [0.717, 1.165) is 37.0 Å². The van der Waals surface area contributed by atoms with E-state index >= 15 is 0 Å². The molecule has 2 heterocycles. The lowest BCUT2D eigenvalue weighted by Gasteiger charge is -2.12. The van der Waals surface area contributed by atoms with Crippen molar-refractivity contribution in [2.24, 2.45) is 0 Å². The smallest absolute Gasteiger partial charge is 0.267 e. The third kappa shape index (κ3) is 3.59. The second-order valence-corrected chi connectivity index (χ2v) is 8.78. The van der Waals surface area contributed by atoms with E-state index in [9.17, 15) is 14.0 Å². The minimum atomic E-state index is -0.458. The standard InChI is InChI=1S/C19H16ClFN2O2S2/c20-15-14-12(21)6-3-7-13(14)27-16(15)18(25)23-19-11(8-9-26-19)17(24)22-10-4-1-2-5-10/h3,6-10H,1-2,4-5H2,(H,22,24)(H,23,25). The number of anilines is 1. The monoisotopic (exact) mass is 422 g/mol. The molecular formula is C19H16ClFN2O2S2. The van der Waals surface area contributed by atoms with Gasteiger partial charge in [-0.2, -0.15) is 0 Å². The first-order valence-corrected chi connectivity index (χ1v) is 10.7. The summed E-state index contributed by atoms with van der Waals surface area (Å²) in [5.41, 5.74) is 0.434. The number of halogens is 2. The summed E-state index contributed by atoms with van der Waals surface area (Å²) in [5, 5.41) is 8.34. The summed E-state index contributed by atoms with van der Waals surface area (Å²) in [5.74, 6) is -1.09. The average Bonchev–Trinajstić information content (AvgIpc) is 3.36. The van der Waals surface area contributed by atoms with Gasteiger partial charge in [0.2, 0.25) is 0 Å². The van der Waals surface area contributed by atoms with Gasteiger partial charge in [-0.05, 0) is 36.4 Å². The highest BCUT2D eigenvalue weighted by Crippen LogP contribution is 2.37. The average molecular weight is 423 g/mol. The van der Waals surface area contributed by atoms with E-state index in [1.807, 2.05) is 0 Å². The van der Waals surface area contributed by atoms with E-state index in [4.69, 9.17) is 11.6 Å². The van der Waals surface area contributed by atoms with Gasteiger partial charge < -0.3 is 10.6 Å². The van der Waals surface area contributed by atoms with Crippen molar-refractivity contribution in [3.8, 4) is 0 Å². The molecule has 0 aliphatic heterocycles. The molecule has 0 atom stereocenters. The predicted molar refractivity (Wildman–Crippen MR) is 109 cm³/mol. The van der Waals surface area contributed by atoms with E-state index in [0.29, 0.717) is 15.3 Å². The Bertz CT molecular complexity index is 1020. The van der Waals surface area contributed by atoms with Gasteiger partial charge >= 0.3 is 0 Å². The predicted octanol–water partition coefficient (Wildman–Crippen LogP) is 5.68. The topological polar surface area (TPSA) is 58.2 Å². The van der Waals surface area contributed by atoms with Gasteiger partial charge in [-0.3, -0.25) is 9.59 Å². The van der Waals surface area contributed by atoms with Crippen LogP contribution >= 0.6 is 34.3 Å². The summed E-state index contributed by atoms with van der Waals surface area (Å²) in [6, 6.07) is 6.50. The third-order valence-electron chi connectivity index (χ3n) is 4.64. The Morgan fingerprint density at radius 1 is 1.15 bits per heavy atom. The molecule has 2 aromatic heterocycles. The van der Waals surface area contributed by atoms with E-state index < -0.39 is 11.7 Å². The molecule has 2 N–H and O–H groups in total. The zero-order valence-electron chi connectivity index (χ0n) is 14.2. The van der Waals surface area contributed by atoms with Crippen molar-refractivity contribution in [3.05, 3.63) is 50.9 Å². The van der Waals surface area contributed by atoms with Gasteiger partial charge in [0.25, 0.3) is 11.8 Å². The number of carbonyl (C=O) groups is 2. The Morgan fingerprint density at radius 3 is 2.67 bits per heavy atom. The zero-order valence-corrected chi connectivity index (χ0v) is 16.6. The summed E-state index contributed by atoms with van der Waals surface area (Å²) in [6.07, 6.45) is 4.22. The maximum Gasteiger partial charge on any atom is 0.267 e. The minimum Gasteiger partial charge on any atom is -0.349 e. The molecule has 1 aliphatic carbocycles. The Balaban J connectivity index is 1.56. The highest BCUT2D eigenvalue weighted by Gasteiger charge is 2.23. The molecule has 2 amide bonds. The van der Waals surface area contributed by atoms with Crippen molar-refractivity contribution >= 4 is 61.2 Å². The molecule has 1 aliphatic rings. The van der Waals surface area contributed by atoms with Crippen LogP contribution in [0.4, 0.5) is 9.39 Å². The summed E-state index contributed by atoms with van der Waals surface area (Å²) in [4.78, 5) is 25.5. The molecule has 0 unspecified atom stereocenters. The molecule has 140 valence electrons. The highest BCUT2D eigenvalue weighted by atomic mass is 35.5. The van der Waals surface area contributed by atoms with Crippen LogP contribution in [0, 0.1) is 5.82 Å². The van der Waals surface area contributed by atoms with E-state index in [1.54, 1.807) is 23.6 Å². The quantitative estimate of drug-likeness (QED) is 0.568. The van der Waals surface area contributed by atoms with Gasteiger partial charge in [0.05, 0.1) is 10.6 Å². The molecule has 1 aromatic carbocycles. The molecule has 0 radical (unpaired) electrons. The van der Waals surface area contributed by atoms with Gasteiger partial charge in [-0.15, -0.1) is 22.7 Å². The van der Waals surface area contributed by atoms with Crippen LogP contribution < -0.4 is 10.6 Å². The van der Waals surface area contributed by atoms with Crippen molar-refractivity contribution in [2.75, 3.05) is 5.32 Å². The van der Waals surface area contributed by atoms with Crippen LogP contribution in [-0.4, -0.2) is 17.9 Å². The fourth-order valence-electron chi connectivity index (χ4n) is 3.29. The maximum atomic E-state index is 14.0. The SMILES string of the molecule is O=C(NC1CCCC1)c1ccsc1NC(=O)c1sc2cccc(F)c2c1Cl. The fourth-order valence-corrected chi connectivity index (χ4v) is 5.53. The normalized spacial score (nSPS) is 14.6. The molecule has 4 nitrogen and oxygen atoms in total. The largest absolute Gasteiger partial charge is 0.349 e. The molecule has 0 saturated heterocycles.